The summed E-state index contributed by atoms with van der Waals surface area (Å²) in [5.41, 5.74) is 4.62. The quantitative estimate of drug-likeness (QED) is 0.0695. The van der Waals surface area contributed by atoms with Crippen molar-refractivity contribution in [3.05, 3.63) is 72.4 Å². The first-order valence-corrected chi connectivity index (χ1v) is 20.7. The van der Waals surface area contributed by atoms with Gasteiger partial charge in [-0.05, 0) is 37.2 Å². The molecular weight excluding hydrogens is 783 g/mol. The third-order valence-electron chi connectivity index (χ3n) is 8.70. The second kappa shape index (κ2) is 15.5. The molecule has 5 aromatic rings. The molecule has 0 atom stereocenters. The maximum absolute atomic E-state index is 11.7. The number of ketones is 1. The Bertz CT molecular complexity index is 1820. The fourth-order valence-corrected chi connectivity index (χ4v) is 9.29. The van der Waals surface area contributed by atoms with Crippen LogP contribution in [0.1, 0.15) is 79.7 Å². The van der Waals surface area contributed by atoms with Crippen LogP contribution in [0.5, 0.6) is 0 Å². The van der Waals surface area contributed by atoms with Crippen LogP contribution in [0.25, 0.3) is 37.1 Å². The molecule has 0 saturated heterocycles. The predicted molar refractivity (Wildman–Crippen MR) is 196 cm³/mol. The van der Waals surface area contributed by atoms with E-state index in [0.29, 0.717) is 0 Å². The van der Waals surface area contributed by atoms with E-state index in [4.69, 9.17) is 9.97 Å². The van der Waals surface area contributed by atoms with Gasteiger partial charge in [0.2, 0.25) is 0 Å². The maximum atomic E-state index is 11.7. The number of imidazole rings is 1. The van der Waals surface area contributed by atoms with Gasteiger partial charge in [-0.25, -0.2) is 4.98 Å². The number of rotatable bonds is 9. The van der Waals surface area contributed by atoms with E-state index in [1.165, 1.54) is 37.4 Å². The van der Waals surface area contributed by atoms with Crippen molar-refractivity contribution < 1.29 is 30.0 Å². The fraction of sp³-hybridized carbons (Fsp3) is 0.447. The monoisotopic (exact) mass is 833 g/mol. The van der Waals surface area contributed by atoms with Crippen molar-refractivity contribution in [3.8, 4) is 11.3 Å². The van der Waals surface area contributed by atoms with E-state index in [0.717, 1.165) is 42.3 Å². The molecule has 1 N–H and O–H groups in total. The molecule has 0 unspecified atom stereocenters. The Balaban J connectivity index is 0.000000309. The number of allylic oxidation sites excluding steroid dienone is 2. The van der Waals surface area contributed by atoms with Gasteiger partial charge in [0.15, 0.2) is 5.78 Å². The number of pyridine rings is 1. The maximum Gasteiger partial charge on any atom is 0.162 e. The van der Waals surface area contributed by atoms with Crippen molar-refractivity contribution >= 4 is 56.3 Å². The van der Waals surface area contributed by atoms with Crippen LogP contribution in [0, 0.1) is 17.9 Å². The summed E-state index contributed by atoms with van der Waals surface area (Å²) in [6, 6.07) is 16.6. The Labute approximate surface area is 293 Å². The number of aliphatic hydroxyl groups excluding tert-OH is 1. The van der Waals surface area contributed by atoms with Crippen molar-refractivity contribution in [2.24, 2.45) is 11.8 Å². The van der Waals surface area contributed by atoms with Gasteiger partial charge in [-0.2, -0.15) is 0 Å². The Morgan fingerprint density at radius 3 is 2.22 bits per heavy atom. The Hall–Kier alpha value is -2.64. The summed E-state index contributed by atoms with van der Waals surface area (Å²) in [4.78, 5) is 22.6. The Morgan fingerprint density at radius 2 is 1.63 bits per heavy atom. The number of fused-ring (bicyclic) bond motifs is 4. The predicted octanol–water partition coefficient (Wildman–Crippen LogP) is 10.3. The molecule has 0 aliphatic heterocycles. The van der Waals surface area contributed by atoms with Gasteiger partial charge in [-0.3, -0.25) is 14.2 Å². The number of aromatic nitrogens is 3. The van der Waals surface area contributed by atoms with Crippen LogP contribution in [-0.4, -0.2) is 33.3 Å². The first-order chi connectivity index (χ1) is 21.2. The molecule has 0 amide bonds. The summed E-state index contributed by atoms with van der Waals surface area (Å²) >= 11 is 1.81. The Kier molecular flexibility index (Phi) is 12.7. The fourth-order valence-electron chi connectivity index (χ4n) is 5.90. The van der Waals surface area contributed by atoms with Crippen molar-refractivity contribution in [1.29, 1.82) is 0 Å². The zero-order valence-corrected chi connectivity index (χ0v) is 33.3. The van der Waals surface area contributed by atoms with E-state index in [-0.39, 0.29) is 48.9 Å². The first-order valence-electron chi connectivity index (χ1n) is 16.4. The second-order valence-electron chi connectivity index (χ2n) is 14.0. The topological polar surface area (TPSA) is 67.5 Å². The van der Waals surface area contributed by atoms with E-state index in [9.17, 15) is 9.90 Å². The van der Waals surface area contributed by atoms with Crippen LogP contribution >= 0.6 is 11.3 Å². The van der Waals surface area contributed by atoms with E-state index < -0.39 is 8.07 Å². The van der Waals surface area contributed by atoms with Gasteiger partial charge < -0.3 is 5.11 Å². The molecule has 0 spiro atoms. The molecule has 5 nitrogen and oxygen atoms in total. The minimum Gasteiger partial charge on any atom is -0.512 e. The molecule has 3 aromatic heterocycles. The number of hydrogen-bond acceptors (Lipinski definition) is 5. The molecular formula is C38H50IrN3O2SSi-. The van der Waals surface area contributed by atoms with Gasteiger partial charge in [-0.1, -0.05) is 97.3 Å². The summed E-state index contributed by atoms with van der Waals surface area (Å²) in [6.45, 7) is 21.9. The molecule has 0 aliphatic rings. The number of nitrogens with zero attached hydrogens (tertiary/aromatic N) is 3. The van der Waals surface area contributed by atoms with Gasteiger partial charge in [0.05, 0.1) is 16.6 Å². The van der Waals surface area contributed by atoms with E-state index >= 15 is 0 Å². The van der Waals surface area contributed by atoms with Crippen LogP contribution in [0.3, 0.4) is 0 Å². The van der Waals surface area contributed by atoms with E-state index in [1.807, 2.05) is 51.6 Å². The third kappa shape index (κ3) is 8.07. The molecule has 0 saturated carbocycles. The van der Waals surface area contributed by atoms with Crippen molar-refractivity contribution in [2.45, 2.75) is 99.2 Å². The van der Waals surface area contributed by atoms with Crippen LogP contribution in [0.15, 0.2) is 60.8 Å². The molecule has 1 radical (unpaired) electrons. The van der Waals surface area contributed by atoms with Gasteiger partial charge in [0.25, 0.3) is 0 Å². The normalized spacial score (nSPS) is 12.6. The van der Waals surface area contributed by atoms with Crippen molar-refractivity contribution in [3.63, 3.8) is 0 Å². The molecule has 0 bridgehead atoms. The molecule has 0 aliphatic carbocycles. The smallest absolute Gasteiger partial charge is 0.162 e. The summed E-state index contributed by atoms with van der Waals surface area (Å²) in [5, 5.41) is 13.4. The SMILES string of the molecule is CC(C)(C)c1cc(-c2nccc3c2sc2c([Si](C)(C)C)ncn23)[c-]c2ccccc12.CCC(CC)C(=O)/C=C(\O)C(CC)CC.[Ir]. The van der Waals surface area contributed by atoms with Crippen LogP contribution in [0.2, 0.25) is 19.6 Å². The molecule has 2 aromatic carbocycles. The average Bonchev–Trinajstić information content (AvgIpc) is 3.57. The van der Waals surface area contributed by atoms with Crippen LogP contribution < -0.4 is 5.32 Å². The first kappa shape index (κ1) is 37.8. The number of carbonyl (C=O) groups is 1. The molecule has 46 heavy (non-hydrogen) atoms. The molecule has 5 rings (SSSR count). The summed E-state index contributed by atoms with van der Waals surface area (Å²) in [7, 11) is -1.52. The summed E-state index contributed by atoms with van der Waals surface area (Å²) in [6.07, 6.45) is 8.80. The molecule has 249 valence electrons. The van der Waals surface area contributed by atoms with E-state index in [1.54, 1.807) is 0 Å². The third-order valence-corrected chi connectivity index (χ3v) is 11.9. The number of aliphatic hydroxyl groups is 1. The van der Waals surface area contributed by atoms with Gasteiger partial charge in [0.1, 0.15) is 19.2 Å². The molecule has 3 heterocycles. The number of benzene rings is 2. The van der Waals surface area contributed by atoms with Gasteiger partial charge in [0, 0.05) is 54.6 Å². The number of thiazole rings is 1. The molecule has 0 fully saturated rings. The molecule has 8 heteroatoms. The van der Waals surface area contributed by atoms with Crippen LogP contribution in [0.4, 0.5) is 0 Å². The second-order valence-corrected chi connectivity index (χ2v) is 20.0. The summed E-state index contributed by atoms with van der Waals surface area (Å²) < 4.78 is 3.45. The number of hydrogen-bond donors (Lipinski definition) is 1. The van der Waals surface area contributed by atoms with Gasteiger partial charge >= 0.3 is 0 Å². The minimum atomic E-state index is -1.52. The Morgan fingerprint density at radius 1 is 1.00 bits per heavy atom. The van der Waals surface area contributed by atoms with E-state index in [2.05, 4.69) is 87.3 Å². The zero-order valence-electron chi connectivity index (χ0n) is 29.1. The zero-order chi connectivity index (χ0) is 33.1. The standard InChI is InChI=1S/C25H26N3SSi.C13H24O2.Ir/c1-25(2,3)19-14-17(13-16-9-7-8-10-18(16)19)21-22-20(11-12-26-21)28-15-27-23(24(28)29-22)30(4,5)6;1-5-10(6-2)12(14)9-13(15)11(7-3)8-4;/h7-12,14-15H,1-6H3;9-11,14H,5-8H2,1-4H3;/q-1;;/b;12-9-;. The summed E-state index contributed by atoms with van der Waals surface area (Å²) in [5.74, 6) is 0.547. The largest absolute Gasteiger partial charge is 0.512 e. The van der Waals surface area contributed by atoms with Crippen LogP contribution in [-0.2, 0) is 30.3 Å². The van der Waals surface area contributed by atoms with Crippen molar-refractivity contribution in [2.75, 3.05) is 0 Å². The average molecular weight is 833 g/mol. The van der Waals surface area contributed by atoms with Crippen molar-refractivity contribution in [1.82, 2.24) is 14.4 Å². The van der Waals surface area contributed by atoms with Gasteiger partial charge in [-0.15, -0.1) is 40.5 Å². The number of carbonyl (C=O) groups excluding carboxylic acids is 1. The minimum absolute atomic E-state index is 0.